The van der Waals surface area contributed by atoms with Crippen LogP contribution in [0.4, 0.5) is 5.69 Å². The van der Waals surface area contributed by atoms with Crippen LogP contribution >= 0.6 is 0 Å². The Morgan fingerprint density at radius 3 is 2.15 bits per heavy atom. The molecule has 0 aliphatic carbocycles. The van der Waals surface area contributed by atoms with E-state index in [-0.39, 0.29) is 11.8 Å². The number of nitrogens with one attached hydrogen (secondary N) is 1. The lowest BCUT2D eigenvalue weighted by atomic mass is 9.95. The normalized spacial score (nSPS) is 15.1. The van der Waals surface area contributed by atoms with Gasteiger partial charge in [0, 0.05) is 31.2 Å². The first-order valence-electron chi connectivity index (χ1n) is 9.77. The smallest absolute Gasteiger partial charge is 0.223 e. The molecule has 138 valence electrons. The number of amides is 1. The molecule has 0 atom stereocenters. The maximum atomic E-state index is 12.4. The highest BCUT2D eigenvalue weighted by Gasteiger charge is 2.24. The van der Waals surface area contributed by atoms with Crippen molar-refractivity contribution in [1.82, 2.24) is 5.32 Å². The average Bonchev–Trinajstić information content (AvgIpc) is 2.67. The summed E-state index contributed by atoms with van der Waals surface area (Å²) in [6, 6.07) is 17.3. The van der Waals surface area contributed by atoms with E-state index in [0.717, 1.165) is 45.3 Å². The second-order valence-corrected chi connectivity index (χ2v) is 7.48. The molecule has 1 heterocycles. The molecule has 1 fully saturated rings. The number of hydrogen-bond acceptors (Lipinski definition) is 2. The molecule has 1 aliphatic rings. The van der Waals surface area contributed by atoms with Gasteiger partial charge in [-0.1, -0.05) is 47.5 Å². The third kappa shape index (κ3) is 5.10. The van der Waals surface area contributed by atoms with Crippen molar-refractivity contribution < 1.29 is 4.79 Å². The van der Waals surface area contributed by atoms with E-state index in [1.54, 1.807) is 0 Å². The van der Waals surface area contributed by atoms with E-state index in [1.807, 2.05) is 0 Å². The predicted octanol–water partition coefficient (Wildman–Crippen LogP) is 4.27. The number of anilines is 1. The molecule has 0 radical (unpaired) electrons. The van der Waals surface area contributed by atoms with Crippen LogP contribution in [0.5, 0.6) is 0 Å². The minimum Gasteiger partial charge on any atom is -0.371 e. The van der Waals surface area contributed by atoms with Crippen molar-refractivity contribution in [3.05, 3.63) is 65.2 Å². The third-order valence-corrected chi connectivity index (χ3v) is 5.33. The van der Waals surface area contributed by atoms with E-state index in [1.165, 1.54) is 22.4 Å². The van der Waals surface area contributed by atoms with E-state index >= 15 is 0 Å². The summed E-state index contributed by atoms with van der Waals surface area (Å²) in [5.41, 5.74) is 5.19. The monoisotopic (exact) mass is 350 g/mol. The van der Waals surface area contributed by atoms with E-state index in [2.05, 4.69) is 72.6 Å². The molecule has 1 amide bonds. The largest absolute Gasteiger partial charge is 0.371 e. The number of carbonyl (C=O) groups excluding carboxylic acids is 1. The number of piperidine rings is 1. The second-order valence-electron chi connectivity index (χ2n) is 7.48. The molecule has 0 saturated carbocycles. The Balaban J connectivity index is 1.37. The maximum Gasteiger partial charge on any atom is 0.223 e. The predicted molar refractivity (Wildman–Crippen MR) is 109 cm³/mol. The molecule has 0 unspecified atom stereocenters. The van der Waals surface area contributed by atoms with Crippen LogP contribution in [0.1, 0.15) is 36.0 Å². The van der Waals surface area contributed by atoms with Crippen molar-refractivity contribution in [2.75, 3.05) is 24.5 Å². The molecule has 3 heteroatoms. The van der Waals surface area contributed by atoms with Crippen molar-refractivity contribution in [2.45, 2.75) is 39.5 Å². The molecule has 3 rings (SSSR count). The minimum absolute atomic E-state index is 0.163. The van der Waals surface area contributed by atoms with Gasteiger partial charge in [-0.05, 0) is 57.2 Å². The quantitative estimate of drug-likeness (QED) is 0.789. The van der Waals surface area contributed by atoms with Gasteiger partial charge < -0.3 is 10.2 Å². The van der Waals surface area contributed by atoms with Crippen LogP contribution in [-0.4, -0.2) is 25.5 Å². The molecular weight excluding hydrogens is 320 g/mol. The van der Waals surface area contributed by atoms with Crippen LogP contribution in [0.25, 0.3) is 0 Å². The van der Waals surface area contributed by atoms with E-state index in [4.69, 9.17) is 0 Å². The summed E-state index contributed by atoms with van der Waals surface area (Å²) in [7, 11) is 0. The number of nitrogens with zero attached hydrogens (tertiary/aromatic N) is 1. The SMILES string of the molecule is Cc1ccc(CCCNC(=O)C2CCN(c3ccc(C)cc3)CC2)cc1. The zero-order chi connectivity index (χ0) is 18.4. The first-order valence-corrected chi connectivity index (χ1v) is 9.77. The minimum atomic E-state index is 0.163. The van der Waals surface area contributed by atoms with Gasteiger partial charge in [-0.2, -0.15) is 0 Å². The fourth-order valence-corrected chi connectivity index (χ4v) is 3.56. The van der Waals surface area contributed by atoms with Crippen LogP contribution in [0.15, 0.2) is 48.5 Å². The fraction of sp³-hybridized carbons (Fsp3) is 0.435. The maximum absolute atomic E-state index is 12.4. The Hall–Kier alpha value is -2.29. The van der Waals surface area contributed by atoms with Crippen LogP contribution in [0.3, 0.4) is 0 Å². The highest BCUT2D eigenvalue weighted by molar-refractivity contribution is 5.79. The van der Waals surface area contributed by atoms with Crippen LogP contribution in [0, 0.1) is 19.8 Å². The summed E-state index contributed by atoms with van der Waals surface area (Å²) in [4.78, 5) is 14.8. The van der Waals surface area contributed by atoms with Gasteiger partial charge >= 0.3 is 0 Å². The first-order chi connectivity index (χ1) is 12.6. The van der Waals surface area contributed by atoms with Gasteiger partial charge in [-0.25, -0.2) is 0 Å². The molecule has 1 N–H and O–H groups in total. The summed E-state index contributed by atoms with van der Waals surface area (Å²) in [6.07, 6.45) is 3.90. The zero-order valence-corrected chi connectivity index (χ0v) is 16.0. The molecule has 1 aliphatic heterocycles. The van der Waals surface area contributed by atoms with Gasteiger partial charge in [-0.3, -0.25) is 4.79 Å². The summed E-state index contributed by atoms with van der Waals surface area (Å²) < 4.78 is 0. The van der Waals surface area contributed by atoms with E-state index < -0.39 is 0 Å². The van der Waals surface area contributed by atoms with Gasteiger partial charge in [-0.15, -0.1) is 0 Å². The van der Waals surface area contributed by atoms with Gasteiger partial charge in [0.1, 0.15) is 0 Å². The molecular formula is C23H30N2O. The molecule has 2 aromatic carbocycles. The lowest BCUT2D eigenvalue weighted by Crippen LogP contribution is -2.40. The second kappa shape index (κ2) is 8.88. The number of hydrogen-bond donors (Lipinski definition) is 1. The van der Waals surface area contributed by atoms with Crippen molar-refractivity contribution in [1.29, 1.82) is 0 Å². The Morgan fingerprint density at radius 1 is 0.962 bits per heavy atom. The summed E-state index contributed by atoms with van der Waals surface area (Å²) in [6.45, 7) is 6.91. The molecule has 2 aromatic rings. The van der Waals surface area contributed by atoms with Gasteiger partial charge in [0.25, 0.3) is 0 Å². The van der Waals surface area contributed by atoms with E-state index in [9.17, 15) is 4.79 Å². The Bertz CT molecular complexity index is 698. The van der Waals surface area contributed by atoms with Gasteiger partial charge in [0.05, 0.1) is 0 Å². The number of aryl methyl sites for hydroxylation is 3. The lowest BCUT2D eigenvalue weighted by molar-refractivity contribution is -0.125. The Morgan fingerprint density at radius 2 is 1.54 bits per heavy atom. The molecule has 0 spiro atoms. The Labute approximate surface area is 157 Å². The van der Waals surface area contributed by atoms with Crippen molar-refractivity contribution in [3.63, 3.8) is 0 Å². The Kier molecular flexibility index (Phi) is 6.32. The van der Waals surface area contributed by atoms with Crippen LogP contribution in [0.2, 0.25) is 0 Å². The summed E-state index contributed by atoms with van der Waals surface area (Å²) in [5, 5.41) is 3.14. The topological polar surface area (TPSA) is 32.3 Å². The van der Waals surface area contributed by atoms with Crippen molar-refractivity contribution >= 4 is 11.6 Å². The molecule has 3 nitrogen and oxygen atoms in total. The number of benzene rings is 2. The van der Waals surface area contributed by atoms with Gasteiger partial charge in [0.15, 0.2) is 0 Å². The zero-order valence-electron chi connectivity index (χ0n) is 16.0. The standard InChI is InChI=1S/C23H30N2O/c1-18-5-9-20(10-6-18)4-3-15-24-23(26)21-13-16-25(17-14-21)22-11-7-19(2)8-12-22/h5-12,21H,3-4,13-17H2,1-2H3,(H,24,26). The summed E-state index contributed by atoms with van der Waals surface area (Å²) >= 11 is 0. The van der Waals surface area contributed by atoms with E-state index in [0.29, 0.717) is 0 Å². The van der Waals surface area contributed by atoms with Crippen molar-refractivity contribution in [3.8, 4) is 0 Å². The summed E-state index contributed by atoms with van der Waals surface area (Å²) in [5.74, 6) is 0.397. The van der Waals surface area contributed by atoms with Crippen LogP contribution < -0.4 is 10.2 Å². The number of rotatable bonds is 6. The lowest BCUT2D eigenvalue weighted by Gasteiger charge is -2.33. The van der Waals surface area contributed by atoms with Crippen LogP contribution in [-0.2, 0) is 11.2 Å². The van der Waals surface area contributed by atoms with Gasteiger partial charge in [0.2, 0.25) is 5.91 Å². The molecule has 26 heavy (non-hydrogen) atoms. The number of carbonyl (C=O) groups is 1. The first kappa shape index (κ1) is 18.5. The highest BCUT2D eigenvalue weighted by Crippen LogP contribution is 2.23. The fourth-order valence-electron chi connectivity index (χ4n) is 3.56. The average molecular weight is 351 g/mol. The molecule has 0 aromatic heterocycles. The van der Waals surface area contributed by atoms with Crippen molar-refractivity contribution in [2.24, 2.45) is 5.92 Å². The third-order valence-electron chi connectivity index (χ3n) is 5.33. The highest BCUT2D eigenvalue weighted by atomic mass is 16.1. The molecule has 1 saturated heterocycles. The molecule has 0 bridgehead atoms.